The number of carbonyl (C=O) groups is 2. The summed E-state index contributed by atoms with van der Waals surface area (Å²) in [6, 6.07) is 8.03. The van der Waals surface area contributed by atoms with Crippen molar-refractivity contribution >= 4 is 27.7 Å². The average Bonchev–Trinajstić information content (AvgIpc) is 3.18. The topological polar surface area (TPSA) is 68.3 Å². The first-order valence-electron chi connectivity index (χ1n) is 9.99. The van der Waals surface area contributed by atoms with Gasteiger partial charge in [0.15, 0.2) is 0 Å². The molecule has 1 fully saturated rings. The van der Waals surface area contributed by atoms with E-state index in [4.69, 9.17) is 5.73 Å². The summed E-state index contributed by atoms with van der Waals surface area (Å²) in [5.74, 6) is -0.132. The van der Waals surface area contributed by atoms with Crippen LogP contribution in [0.2, 0.25) is 0 Å². The summed E-state index contributed by atoms with van der Waals surface area (Å²) in [5.41, 5.74) is 10.4. The standard InChI is InChI=1S/C22H28BrN3O2/c1-3-6-18-21(16-8-10-17(23)11-9-16)20(22(24)28)15(2)26(18)14-5-13-25-12-4-7-19(25)27/h8-11H,3-7,12-14H2,1-2H3,(H2,24,28). The van der Waals surface area contributed by atoms with Gasteiger partial charge in [0.05, 0.1) is 5.56 Å². The van der Waals surface area contributed by atoms with Crippen molar-refractivity contribution in [2.75, 3.05) is 13.1 Å². The molecule has 2 N–H and O–H groups in total. The fourth-order valence-corrected chi connectivity index (χ4v) is 4.45. The minimum absolute atomic E-state index is 0.256. The molecule has 0 bridgehead atoms. The van der Waals surface area contributed by atoms with Gasteiger partial charge in [-0.25, -0.2) is 0 Å². The highest BCUT2D eigenvalue weighted by Gasteiger charge is 2.25. The van der Waals surface area contributed by atoms with Crippen molar-refractivity contribution in [2.45, 2.75) is 52.5 Å². The lowest BCUT2D eigenvalue weighted by Gasteiger charge is -2.17. The molecule has 0 radical (unpaired) electrons. The van der Waals surface area contributed by atoms with E-state index in [0.29, 0.717) is 12.0 Å². The first kappa shape index (κ1) is 20.6. The molecule has 6 heteroatoms. The van der Waals surface area contributed by atoms with Gasteiger partial charge in [0.25, 0.3) is 5.91 Å². The number of rotatable bonds is 8. The number of primary amides is 1. The molecule has 1 aromatic carbocycles. The highest BCUT2D eigenvalue weighted by Crippen LogP contribution is 2.34. The maximum atomic E-state index is 12.3. The van der Waals surface area contributed by atoms with Gasteiger partial charge in [-0.15, -0.1) is 0 Å². The Balaban J connectivity index is 1.96. The maximum Gasteiger partial charge on any atom is 0.251 e. The number of nitrogens with two attached hydrogens (primary N) is 1. The smallest absolute Gasteiger partial charge is 0.251 e. The van der Waals surface area contributed by atoms with Crippen LogP contribution < -0.4 is 5.73 Å². The van der Waals surface area contributed by atoms with Crippen molar-refractivity contribution in [3.63, 3.8) is 0 Å². The van der Waals surface area contributed by atoms with E-state index < -0.39 is 0 Å². The Hall–Kier alpha value is -2.08. The quantitative estimate of drug-likeness (QED) is 0.658. The molecule has 0 unspecified atom stereocenters. The van der Waals surface area contributed by atoms with Gasteiger partial charge < -0.3 is 15.2 Å². The summed E-state index contributed by atoms with van der Waals surface area (Å²) >= 11 is 3.48. The van der Waals surface area contributed by atoms with Crippen LogP contribution in [0, 0.1) is 6.92 Å². The third-order valence-electron chi connectivity index (χ3n) is 5.48. The summed E-state index contributed by atoms with van der Waals surface area (Å²) in [7, 11) is 0. The number of nitrogens with zero attached hydrogens (tertiary/aromatic N) is 2. The molecule has 150 valence electrons. The fourth-order valence-electron chi connectivity index (χ4n) is 4.19. The molecule has 1 aliphatic rings. The largest absolute Gasteiger partial charge is 0.366 e. The van der Waals surface area contributed by atoms with Crippen molar-refractivity contribution in [3.05, 3.63) is 45.7 Å². The molecule has 1 aliphatic heterocycles. The molecule has 2 aromatic rings. The number of likely N-dealkylation sites (tertiary alicyclic amines) is 1. The van der Waals surface area contributed by atoms with E-state index in [9.17, 15) is 9.59 Å². The molecular formula is C22H28BrN3O2. The number of halogens is 1. The highest BCUT2D eigenvalue weighted by molar-refractivity contribution is 9.10. The van der Waals surface area contributed by atoms with Gasteiger partial charge in [-0.2, -0.15) is 0 Å². The van der Waals surface area contributed by atoms with Gasteiger partial charge in [0.1, 0.15) is 0 Å². The van der Waals surface area contributed by atoms with Crippen LogP contribution in [-0.4, -0.2) is 34.4 Å². The van der Waals surface area contributed by atoms with Crippen molar-refractivity contribution in [2.24, 2.45) is 5.73 Å². The van der Waals surface area contributed by atoms with E-state index in [2.05, 4.69) is 27.4 Å². The van der Waals surface area contributed by atoms with Crippen molar-refractivity contribution in [1.82, 2.24) is 9.47 Å². The average molecular weight is 446 g/mol. The van der Waals surface area contributed by atoms with Gasteiger partial charge in [-0.3, -0.25) is 9.59 Å². The minimum Gasteiger partial charge on any atom is -0.366 e. The Morgan fingerprint density at radius 2 is 1.93 bits per heavy atom. The monoisotopic (exact) mass is 445 g/mol. The van der Waals surface area contributed by atoms with Gasteiger partial charge in [-0.1, -0.05) is 41.4 Å². The molecule has 0 spiro atoms. The second-order valence-electron chi connectivity index (χ2n) is 7.39. The van der Waals surface area contributed by atoms with Crippen LogP contribution in [0.15, 0.2) is 28.7 Å². The Bertz CT molecular complexity index is 871. The van der Waals surface area contributed by atoms with Crippen LogP contribution in [0.25, 0.3) is 11.1 Å². The van der Waals surface area contributed by atoms with Gasteiger partial charge in [0, 0.05) is 47.5 Å². The molecule has 28 heavy (non-hydrogen) atoms. The van der Waals surface area contributed by atoms with Crippen LogP contribution in [0.4, 0.5) is 0 Å². The molecule has 2 heterocycles. The molecule has 3 rings (SSSR count). The fraction of sp³-hybridized carbons (Fsp3) is 0.455. The predicted octanol–water partition coefficient (Wildman–Crippen LogP) is 4.29. The number of aromatic nitrogens is 1. The lowest BCUT2D eigenvalue weighted by Crippen LogP contribution is -2.26. The van der Waals surface area contributed by atoms with Crippen LogP contribution in [0.3, 0.4) is 0 Å². The Kier molecular flexibility index (Phi) is 6.60. The lowest BCUT2D eigenvalue weighted by atomic mass is 9.98. The molecule has 2 amide bonds. The first-order valence-corrected chi connectivity index (χ1v) is 10.8. The van der Waals surface area contributed by atoms with E-state index in [1.165, 1.54) is 0 Å². The van der Waals surface area contributed by atoms with Crippen LogP contribution in [0.1, 0.15) is 54.4 Å². The summed E-state index contributed by atoms with van der Waals surface area (Å²) in [6.45, 7) is 6.53. The number of hydrogen-bond donors (Lipinski definition) is 1. The maximum absolute atomic E-state index is 12.3. The second kappa shape index (κ2) is 8.95. The molecule has 1 aromatic heterocycles. The molecule has 1 saturated heterocycles. The zero-order chi connectivity index (χ0) is 20.3. The molecular weight excluding hydrogens is 418 g/mol. The Labute approximate surface area is 175 Å². The molecule has 0 atom stereocenters. The summed E-state index contributed by atoms with van der Waals surface area (Å²) in [6.07, 6.45) is 4.36. The van der Waals surface area contributed by atoms with Crippen LogP contribution >= 0.6 is 15.9 Å². The predicted molar refractivity (Wildman–Crippen MR) is 115 cm³/mol. The van der Waals surface area contributed by atoms with Crippen molar-refractivity contribution in [1.29, 1.82) is 0 Å². The van der Waals surface area contributed by atoms with Crippen LogP contribution in [-0.2, 0) is 17.8 Å². The van der Waals surface area contributed by atoms with E-state index >= 15 is 0 Å². The van der Waals surface area contributed by atoms with E-state index in [1.807, 2.05) is 36.1 Å². The zero-order valence-corrected chi connectivity index (χ0v) is 18.2. The summed E-state index contributed by atoms with van der Waals surface area (Å²) in [4.78, 5) is 26.1. The van der Waals surface area contributed by atoms with Crippen LogP contribution in [0.5, 0.6) is 0 Å². The van der Waals surface area contributed by atoms with Gasteiger partial charge >= 0.3 is 0 Å². The van der Waals surface area contributed by atoms with Gasteiger partial charge in [0.2, 0.25) is 5.91 Å². The van der Waals surface area contributed by atoms with E-state index in [-0.39, 0.29) is 11.8 Å². The third-order valence-corrected chi connectivity index (χ3v) is 6.01. The zero-order valence-electron chi connectivity index (χ0n) is 16.6. The lowest BCUT2D eigenvalue weighted by molar-refractivity contribution is -0.127. The summed E-state index contributed by atoms with van der Waals surface area (Å²) in [5, 5.41) is 0. The molecule has 0 aliphatic carbocycles. The molecule has 5 nitrogen and oxygen atoms in total. The minimum atomic E-state index is -0.388. The van der Waals surface area contributed by atoms with E-state index in [0.717, 1.165) is 72.3 Å². The number of benzene rings is 1. The first-order chi connectivity index (χ1) is 13.4. The molecule has 0 saturated carbocycles. The van der Waals surface area contributed by atoms with Crippen molar-refractivity contribution < 1.29 is 9.59 Å². The Morgan fingerprint density at radius 3 is 2.50 bits per heavy atom. The SMILES string of the molecule is CCCc1c(-c2ccc(Br)cc2)c(C(N)=O)c(C)n1CCCN1CCCC1=O. The number of carbonyl (C=O) groups excluding carboxylic acids is 2. The highest BCUT2D eigenvalue weighted by atomic mass is 79.9. The Morgan fingerprint density at radius 1 is 1.21 bits per heavy atom. The van der Waals surface area contributed by atoms with Gasteiger partial charge in [-0.05, 0) is 43.9 Å². The normalized spacial score (nSPS) is 14.1. The van der Waals surface area contributed by atoms with Crippen molar-refractivity contribution in [3.8, 4) is 11.1 Å². The third kappa shape index (κ3) is 4.17. The van der Waals surface area contributed by atoms with E-state index in [1.54, 1.807) is 0 Å². The summed E-state index contributed by atoms with van der Waals surface area (Å²) < 4.78 is 3.24. The second-order valence-corrected chi connectivity index (χ2v) is 8.31. The number of hydrogen-bond acceptors (Lipinski definition) is 2. The number of amides is 2.